The molecular weight excluding hydrogens is 202 g/mol. The zero-order chi connectivity index (χ0) is 12.0. The predicted octanol–water partition coefficient (Wildman–Crippen LogP) is 2.21. The number of nitrogens with one attached hydrogen (secondary N) is 1. The van der Waals surface area contributed by atoms with E-state index in [-0.39, 0.29) is 5.60 Å². The summed E-state index contributed by atoms with van der Waals surface area (Å²) in [4.78, 5) is 0. The fourth-order valence-electron chi connectivity index (χ4n) is 2.26. The van der Waals surface area contributed by atoms with Gasteiger partial charge in [-0.2, -0.15) is 0 Å². The van der Waals surface area contributed by atoms with Gasteiger partial charge < -0.3 is 14.8 Å². The van der Waals surface area contributed by atoms with E-state index in [4.69, 9.17) is 9.47 Å². The molecule has 3 heteroatoms. The Morgan fingerprint density at radius 3 is 2.94 bits per heavy atom. The minimum atomic E-state index is 0.0837. The van der Waals surface area contributed by atoms with Crippen molar-refractivity contribution in [2.75, 3.05) is 26.9 Å². The van der Waals surface area contributed by atoms with Gasteiger partial charge in [0.1, 0.15) is 0 Å². The van der Waals surface area contributed by atoms with Crippen LogP contribution in [-0.4, -0.2) is 38.5 Å². The highest BCUT2D eigenvalue weighted by molar-refractivity contribution is 4.85. The molecule has 3 nitrogen and oxygen atoms in total. The van der Waals surface area contributed by atoms with E-state index < -0.39 is 0 Å². The lowest BCUT2D eigenvalue weighted by Crippen LogP contribution is -2.46. The summed E-state index contributed by atoms with van der Waals surface area (Å²) in [7, 11) is 1.76. The van der Waals surface area contributed by atoms with E-state index >= 15 is 0 Å². The molecule has 3 atom stereocenters. The summed E-state index contributed by atoms with van der Waals surface area (Å²) in [6.45, 7) is 9.41. The molecule has 0 aromatic heterocycles. The first-order valence-corrected chi connectivity index (χ1v) is 6.46. The van der Waals surface area contributed by atoms with E-state index in [2.05, 4.69) is 26.1 Å². The topological polar surface area (TPSA) is 30.5 Å². The molecular formula is C13H27NO2. The summed E-state index contributed by atoms with van der Waals surface area (Å²) in [5, 5.41) is 3.64. The largest absolute Gasteiger partial charge is 0.384 e. The van der Waals surface area contributed by atoms with Crippen molar-refractivity contribution < 1.29 is 9.47 Å². The molecule has 1 saturated heterocycles. The van der Waals surface area contributed by atoms with Gasteiger partial charge in [0.15, 0.2) is 0 Å². The van der Waals surface area contributed by atoms with Crippen molar-refractivity contribution in [1.82, 2.24) is 5.32 Å². The van der Waals surface area contributed by atoms with Gasteiger partial charge in [0.05, 0.1) is 5.60 Å². The quantitative estimate of drug-likeness (QED) is 0.757. The van der Waals surface area contributed by atoms with Gasteiger partial charge in [-0.3, -0.25) is 0 Å². The van der Waals surface area contributed by atoms with Crippen molar-refractivity contribution in [1.29, 1.82) is 0 Å². The third kappa shape index (κ3) is 4.40. The minimum Gasteiger partial charge on any atom is -0.384 e. The zero-order valence-electron chi connectivity index (χ0n) is 11.2. The molecule has 1 N–H and O–H groups in total. The molecule has 0 aliphatic carbocycles. The van der Waals surface area contributed by atoms with Crippen molar-refractivity contribution in [3.63, 3.8) is 0 Å². The van der Waals surface area contributed by atoms with Crippen LogP contribution < -0.4 is 5.32 Å². The van der Waals surface area contributed by atoms with Gasteiger partial charge in [0.25, 0.3) is 0 Å². The van der Waals surface area contributed by atoms with E-state index in [0.717, 1.165) is 39.0 Å². The molecule has 1 aliphatic heterocycles. The van der Waals surface area contributed by atoms with Gasteiger partial charge in [-0.15, -0.1) is 0 Å². The molecule has 16 heavy (non-hydrogen) atoms. The molecule has 0 amide bonds. The second-order valence-electron chi connectivity index (χ2n) is 5.31. The predicted molar refractivity (Wildman–Crippen MR) is 66.7 cm³/mol. The standard InChI is InChI=1S/C13H27NO2/c1-5-13(3)8-12(6-7-16-13)14-9-11(2)10-15-4/h11-12,14H,5-10H2,1-4H3. The Bertz CT molecular complexity index is 198. The smallest absolute Gasteiger partial charge is 0.0666 e. The van der Waals surface area contributed by atoms with E-state index in [1.807, 2.05) is 0 Å². The average molecular weight is 229 g/mol. The Morgan fingerprint density at radius 1 is 1.56 bits per heavy atom. The summed E-state index contributed by atoms with van der Waals surface area (Å²) in [5.74, 6) is 0.584. The maximum absolute atomic E-state index is 5.83. The van der Waals surface area contributed by atoms with Gasteiger partial charge in [-0.25, -0.2) is 0 Å². The van der Waals surface area contributed by atoms with Crippen LogP contribution in [0, 0.1) is 5.92 Å². The lowest BCUT2D eigenvalue weighted by Gasteiger charge is -2.38. The lowest BCUT2D eigenvalue weighted by atomic mass is 9.90. The van der Waals surface area contributed by atoms with E-state index in [9.17, 15) is 0 Å². The molecule has 1 heterocycles. The lowest BCUT2D eigenvalue weighted by molar-refractivity contribution is -0.0783. The Labute approximate surface area is 99.9 Å². The Balaban J connectivity index is 2.27. The average Bonchev–Trinajstić information content (AvgIpc) is 2.27. The Kier molecular flexibility index (Phi) is 5.73. The van der Waals surface area contributed by atoms with Gasteiger partial charge in [0, 0.05) is 32.9 Å². The molecule has 1 fully saturated rings. The second kappa shape index (κ2) is 6.58. The molecule has 0 radical (unpaired) electrons. The summed E-state index contributed by atoms with van der Waals surface area (Å²) < 4.78 is 11.0. The first-order valence-electron chi connectivity index (χ1n) is 6.46. The highest BCUT2D eigenvalue weighted by Gasteiger charge is 2.31. The Hall–Kier alpha value is -0.120. The maximum Gasteiger partial charge on any atom is 0.0666 e. The summed E-state index contributed by atoms with van der Waals surface area (Å²) in [6.07, 6.45) is 3.36. The minimum absolute atomic E-state index is 0.0837. The molecule has 3 unspecified atom stereocenters. The van der Waals surface area contributed by atoms with Crippen LogP contribution in [0.4, 0.5) is 0 Å². The number of rotatable bonds is 6. The van der Waals surface area contributed by atoms with Gasteiger partial charge in [0.2, 0.25) is 0 Å². The third-order valence-corrected chi connectivity index (χ3v) is 3.55. The van der Waals surface area contributed by atoms with Crippen molar-refractivity contribution in [2.45, 2.75) is 51.7 Å². The molecule has 1 aliphatic rings. The third-order valence-electron chi connectivity index (χ3n) is 3.55. The zero-order valence-corrected chi connectivity index (χ0v) is 11.2. The van der Waals surface area contributed by atoms with Crippen molar-refractivity contribution in [2.24, 2.45) is 5.92 Å². The van der Waals surface area contributed by atoms with Crippen LogP contribution in [0.1, 0.15) is 40.0 Å². The maximum atomic E-state index is 5.83. The molecule has 0 saturated carbocycles. The van der Waals surface area contributed by atoms with Crippen LogP contribution >= 0.6 is 0 Å². The van der Waals surface area contributed by atoms with E-state index in [1.54, 1.807) is 7.11 Å². The molecule has 96 valence electrons. The summed E-state index contributed by atoms with van der Waals surface area (Å²) in [6, 6.07) is 0.609. The Morgan fingerprint density at radius 2 is 2.31 bits per heavy atom. The van der Waals surface area contributed by atoms with Gasteiger partial charge >= 0.3 is 0 Å². The van der Waals surface area contributed by atoms with Gasteiger partial charge in [-0.05, 0) is 32.1 Å². The highest BCUT2D eigenvalue weighted by atomic mass is 16.5. The monoisotopic (exact) mass is 229 g/mol. The van der Waals surface area contributed by atoms with Crippen LogP contribution in [0.3, 0.4) is 0 Å². The summed E-state index contributed by atoms with van der Waals surface area (Å²) >= 11 is 0. The highest BCUT2D eigenvalue weighted by Crippen LogP contribution is 2.27. The number of methoxy groups -OCH3 is 1. The molecule has 0 bridgehead atoms. The van der Waals surface area contributed by atoms with Crippen molar-refractivity contribution in [3.8, 4) is 0 Å². The van der Waals surface area contributed by atoms with E-state index in [0.29, 0.717) is 12.0 Å². The molecule has 1 rings (SSSR count). The van der Waals surface area contributed by atoms with Crippen LogP contribution in [0.15, 0.2) is 0 Å². The first kappa shape index (κ1) is 13.9. The van der Waals surface area contributed by atoms with Gasteiger partial charge in [-0.1, -0.05) is 13.8 Å². The summed E-state index contributed by atoms with van der Waals surface area (Å²) in [5.41, 5.74) is 0.0837. The number of ether oxygens (including phenoxy) is 2. The fraction of sp³-hybridized carbons (Fsp3) is 1.00. The number of hydrogen-bond acceptors (Lipinski definition) is 3. The molecule has 0 aromatic carbocycles. The van der Waals surface area contributed by atoms with E-state index in [1.165, 1.54) is 0 Å². The van der Waals surface area contributed by atoms with Crippen molar-refractivity contribution >= 4 is 0 Å². The normalized spacial score (nSPS) is 32.6. The van der Waals surface area contributed by atoms with Crippen LogP contribution in [0.25, 0.3) is 0 Å². The van der Waals surface area contributed by atoms with Crippen molar-refractivity contribution in [3.05, 3.63) is 0 Å². The van der Waals surface area contributed by atoms with Crippen LogP contribution in [-0.2, 0) is 9.47 Å². The molecule has 0 spiro atoms. The second-order valence-corrected chi connectivity index (χ2v) is 5.31. The molecule has 0 aromatic rings. The van der Waals surface area contributed by atoms with Crippen LogP contribution in [0.5, 0.6) is 0 Å². The first-order chi connectivity index (χ1) is 7.59. The van der Waals surface area contributed by atoms with Crippen LogP contribution in [0.2, 0.25) is 0 Å². The number of hydrogen-bond donors (Lipinski definition) is 1. The fourth-order valence-corrected chi connectivity index (χ4v) is 2.26. The SMILES string of the molecule is CCC1(C)CC(NCC(C)COC)CCO1.